The summed E-state index contributed by atoms with van der Waals surface area (Å²) in [6.45, 7) is 3.96. The highest BCUT2D eigenvalue weighted by molar-refractivity contribution is 7.92. The van der Waals surface area contributed by atoms with E-state index in [4.69, 9.17) is 12.2 Å². The fourth-order valence-electron chi connectivity index (χ4n) is 3.36. The predicted molar refractivity (Wildman–Crippen MR) is 141 cm³/mol. The van der Waals surface area contributed by atoms with Crippen LogP contribution in [-0.2, 0) is 9.84 Å². The molecule has 0 bridgehead atoms. The molecule has 11 heteroatoms. The fourth-order valence-corrected chi connectivity index (χ4v) is 6.28. The van der Waals surface area contributed by atoms with Crippen molar-refractivity contribution in [3.63, 3.8) is 0 Å². The molecule has 0 aliphatic rings. The lowest BCUT2D eigenvalue weighted by molar-refractivity contribution is 0.102. The third-order valence-corrected chi connectivity index (χ3v) is 8.24. The van der Waals surface area contributed by atoms with Gasteiger partial charge < -0.3 is 10.6 Å². The number of hydrogen-bond acceptors (Lipinski definition) is 7. The summed E-state index contributed by atoms with van der Waals surface area (Å²) >= 11 is 6.39. The first-order valence-electron chi connectivity index (χ1n) is 10.9. The van der Waals surface area contributed by atoms with E-state index in [1.807, 2.05) is 44.2 Å². The zero-order valence-corrected chi connectivity index (χ0v) is 21.4. The number of amides is 1. The van der Waals surface area contributed by atoms with Crippen molar-refractivity contribution in [1.29, 1.82) is 0 Å². The molecule has 0 fully saturated rings. The Hall–Kier alpha value is -2.89. The molecule has 1 heterocycles. The average molecular weight is 518 g/mol. The molecule has 0 unspecified atom stereocenters. The molecule has 3 aromatic rings. The number of benzene rings is 2. The highest BCUT2D eigenvalue weighted by Gasteiger charge is 2.26. The monoisotopic (exact) mass is 517 g/mol. The van der Waals surface area contributed by atoms with Gasteiger partial charge in [0.05, 0.1) is 10.1 Å². The van der Waals surface area contributed by atoms with Crippen LogP contribution in [0.1, 0.15) is 49.9 Å². The number of hydrogen-bond donors (Lipinski definition) is 3. The minimum Gasteiger partial charge on any atom is -0.332 e. The number of sulfone groups is 1. The summed E-state index contributed by atoms with van der Waals surface area (Å²) in [6.07, 6.45) is 2.85. The third kappa shape index (κ3) is 6.81. The van der Waals surface area contributed by atoms with Gasteiger partial charge in [-0.05, 0) is 61.5 Å². The van der Waals surface area contributed by atoms with Crippen LogP contribution in [-0.4, -0.2) is 34.9 Å². The summed E-state index contributed by atoms with van der Waals surface area (Å²) in [6, 6.07) is 15.4. The zero-order valence-electron chi connectivity index (χ0n) is 18.9. The van der Waals surface area contributed by atoms with E-state index in [0.29, 0.717) is 28.6 Å². The third-order valence-electron chi connectivity index (χ3n) is 5.00. The number of para-hydroxylation sites is 1. The first-order valence-corrected chi connectivity index (χ1v) is 13.7. The first kappa shape index (κ1) is 25.7. The summed E-state index contributed by atoms with van der Waals surface area (Å²) in [4.78, 5) is 12.8. The molecule has 0 aliphatic heterocycles. The minimum atomic E-state index is -3.44. The molecule has 180 valence electrons. The number of carbonyl (C=O) groups is 1. The van der Waals surface area contributed by atoms with Crippen LogP contribution in [0.4, 0.5) is 16.0 Å². The van der Waals surface area contributed by atoms with Gasteiger partial charge in [-0.1, -0.05) is 56.2 Å². The molecule has 8 nitrogen and oxygen atoms in total. The van der Waals surface area contributed by atoms with Gasteiger partial charge in [-0.2, -0.15) is 0 Å². The SMILES string of the molecule is CCCC(CCC)S(=O)(=O)c1ccc(C(=O)Nc2nnc(NC(=S)Nc3ccccc3)s2)cc1. The van der Waals surface area contributed by atoms with Crippen molar-refractivity contribution >= 4 is 60.4 Å². The number of aromatic nitrogens is 2. The summed E-state index contributed by atoms with van der Waals surface area (Å²) in [7, 11) is -3.44. The molecule has 0 saturated carbocycles. The van der Waals surface area contributed by atoms with Crippen LogP contribution in [0.15, 0.2) is 59.5 Å². The molecule has 3 N–H and O–H groups in total. The summed E-state index contributed by atoms with van der Waals surface area (Å²) in [5.74, 6) is -0.407. The minimum absolute atomic E-state index is 0.234. The number of thiocarbonyl (C=S) groups is 1. The van der Waals surface area contributed by atoms with Crippen molar-refractivity contribution in [2.45, 2.75) is 49.7 Å². The van der Waals surface area contributed by atoms with Crippen molar-refractivity contribution in [3.8, 4) is 0 Å². The standard InChI is InChI=1S/C23H27N5O3S3/c1-3-8-18(9-4-2)34(30,31)19-14-12-16(13-15-19)20(29)25-22-27-28-23(33-22)26-21(32)24-17-10-6-5-7-11-17/h5-7,10-15,18H,3-4,8-9H2,1-2H3,(H,25,27,29)(H2,24,26,28,32). The summed E-state index contributed by atoms with van der Waals surface area (Å²) < 4.78 is 25.9. The molecule has 34 heavy (non-hydrogen) atoms. The van der Waals surface area contributed by atoms with Crippen molar-refractivity contribution in [3.05, 3.63) is 60.2 Å². The molecule has 1 amide bonds. The van der Waals surface area contributed by atoms with Crippen molar-refractivity contribution in [2.24, 2.45) is 0 Å². The van der Waals surface area contributed by atoms with E-state index in [0.717, 1.165) is 29.9 Å². The van der Waals surface area contributed by atoms with Gasteiger partial charge in [0.1, 0.15) is 0 Å². The van der Waals surface area contributed by atoms with Crippen LogP contribution in [0.25, 0.3) is 0 Å². The van der Waals surface area contributed by atoms with Gasteiger partial charge in [0, 0.05) is 11.3 Å². The smallest absolute Gasteiger partial charge is 0.257 e. The Bertz CT molecular complexity index is 1210. The normalized spacial score (nSPS) is 11.3. The second kappa shape index (κ2) is 12.0. The lowest BCUT2D eigenvalue weighted by Gasteiger charge is -2.16. The van der Waals surface area contributed by atoms with E-state index < -0.39 is 21.0 Å². The topological polar surface area (TPSA) is 113 Å². The van der Waals surface area contributed by atoms with E-state index in [1.54, 1.807) is 0 Å². The zero-order chi connectivity index (χ0) is 24.6. The molecule has 0 spiro atoms. The van der Waals surface area contributed by atoms with Gasteiger partial charge in [0.15, 0.2) is 14.9 Å². The molecule has 2 aromatic carbocycles. The molecule has 0 aliphatic carbocycles. The Labute approximate surface area is 209 Å². The molecule has 3 rings (SSSR count). The van der Waals surface area contributed by atoms with Crippen molar-refractivity contribution < 1.29 is 13.2 Å². The Morgan fingerprint density at radius 1 is 0.912 bits per heavy atom. The molecule has 0 saturated heterocycles. The van der Waals surface area contributed by atoms with Gasteiger partial charge in [0.2, 0.25) is 10.3 Å². The number of carbonyl (C=O) groups excluding carboxylic acids is 1. The second-order valence-electron chi connectivity index (χ2n) is 7.58. The van der Waals surface area contributed by atoms with Crippen LogP contribution in [0.5, 0.6) is 0 Å². The maximum Gasteiger partial charge on any atom is 0.257 e. The van der Waals surface area contributed by atoms with E-state index in [-0.39, 0.29) is 10.0 Å². The Morgan fingerprint density at radius 3 is 2.09 bits per heavy atom. The van der Waals surface area contributed by atoms with Crippen LogP contribution in [0.3, 0.4) is 0 Å². The van der Waals surface area contributed by atoms with Gasteiger partial charge in [-0.25, -0.2) is 8.42 Å². The number of rotatable bonds is 10. The maximum atomic E-state index is 13.0. The quantitative estimate of drug-likeness (QED) is 0.309. The van der Waals surface area contributed by atoms with Crippen LogP contribution in [0.2, 0.25) is 0 Å². The largest absolute Gasteiger partial charge is 0.332 e. The van der Waals surface area contributed by atoms with Crippen molar-refractivity contribution in [1.82, 2.24) is 10.2 Å². The number of anilines is 3. The molecular formula is C23H27N5O3S3. The van der Waals surface area contributed by atoms with Gasteiger partial charge >= 0.3 is 0 Å². The summed E-state index contributed by atoms with van der Waals surface area (Å²) in [5.41, 5.74) is 1.16. The van der Waals surface area contributed by atoms with E-state index in [1.165, 1.54) is 24.3 Å². The Morgan fingerprint density at radius 2 is 1.50 bits per heavy atom. The van der Waals surface area contributed by atoms with Crippen LogP contribution >= 0.6 is 23.6 Å². The van der Waals surface area contributed by atoms with Gasteiger partial charge in [0.25, 0.3) is 5.91 Å². The molecule has 0 atom stereocenters. The van der Waals surface area contributed by atoms with E-state index in [2.05, 4.69) is 26.1 Å². The molecule has 0 radical (unpaired) electrons. The van der Waals surface area contributed by atoms with E-state index >= 15 is 0 Å². The van der Waals surface area contributed by atoms with Crippen molar-refractivity contribution in [2.75, 3.05) is 16.0 Å². The molecule has 1 aromatic heterocycles. The average Bonchev–Trinajstić information content (AvgIpc) is 3.26. The van der Waals surface area contributed by atoms with Gasteiger partial charge in [-0.15, -0.1) is 10.2 Å². The van der Waals surface area contributed by atoms with Crippen LogP contribution < -0.4 is 16.0 Å². The lowest BCUT2D eigenvalue weighted by atomic mass is 10.2. The van der Waals surface area contributed by atoms with Crippen LogP contribution in [0, 0.1) is 0 Å². The second-order valence-corrected chi connectivity index (χ2v) is 11.2. The highest BCUT2D eigenvalue weighted by atomic mass is 32.2. The predicted octanol–water partition coefficient (Wildman–Crippen LogP) is 5.34. The fraction of sp³-hybridized carbons (Fsp3) is 0.304. The molecular weight excluding hydrogens is 490 g/mol. The van der Waals surface area contributed by atoms with E-state index in [9.17, 15) is 13.2 Å². The number of nitrogens with one attached hydrogen (secondary N) is 3. The first-order chi connectivity index (χ1) is 16.3. The van der Waals surface area contributed by atoms with Gasteiger partial charge in [-0.3, -0.25) is 10.1 Å². The lowest BCUT2D eigenvalue weighted by Crippen LogP contribution is -2.21. The Kier molecular flexibility index (Phi) is 9.08. The highest BCUT2D eigenvalue weighted by Crippen LogP contribution is 2.25. The Balaban J connectivity index is 1.61. The maximum absolute atomic E-state index is 13.0. The summed E-state index contributed by atoms with van der Waals surface area (Å²) in [5, 5.41) is 17.2. The number of nitrogens with zero attached hydrogens (tertiary/aromatic N) is 2.